The summed E-state index contributed by atoms with van der Waals surface area (Å²) < 4.78 is 13.0. The molecule has 0 amide bonds. The van der Waals surface area contributed by atoms with Crippen molar-refractivity contribution in [2.75, 3.05) is 31.1 Å². The lowest BCUT2D eigenvalue weighted by Crippen LogP contribution is -2.46. The summed E-state index contributed by atoms with van der Waals surface area (Å²) in [5.74, 6) is 1.32. The number of aromatic amines is 1. The first-order chi connectivity index (χ1) is 12.3. The first kappa shape index (κ1) is 15.7. The predicted molar refractivity (Wildman–Crippen MR) is 93.5 cm³/mol. The smallest absolute Gasteiger partial charge is 0.225 e. The number of piperazine rings is 1. The third kappa shape index (κ3) is 3.66. The van der Waals surface area contributed by atoms with Crippen molar-refractivity contribution in [3.05, 3.63) is 60.4 Å². The van der Waals surface area contributed by atoms with Crippen molar-refractivity contribution in [1.29, 1.82) is 0 Å². The summed E-state index contributed by atoms with van der Waals surface area (Å²) in [5.41, 5.74) is 1.95. The zero-order valence-electron chi connectivity index (χ0n) is 13.8. The summed E-state index contributed by atoms with van der Waals surface area (Å²) in [7, 11) is 0. The number of rotatable bonds is 4. The van der Waals surface area contributed by atoms with Gasteiger partial charge >= 0.3 is 0 Å². The van der Waals surface area contributed by atoms with Gasteiger partial charge < -0.3 is 9.88 Å². The maximum absolute atomic E-state index is 13.0. The van der Waals surface area contributed by atoms with Gasteiger partial charge in [0.15, 0.2) is 0 Å². The summed E-state index contributed by atoms with van der Waals surface area (Å²) in [5, 5.41) is 0. The lowest BCUT2D eigenvalue weighted by Gasteiger charge is -2.34. The molecule has 1 fully saturated rings. The minimum atomic E-state index is -0.240. The van der Waals surface area contributed by atoms with Crippen molar-refractivity contribution in [1.82, 2.24) is 24.8 Å². The van der Waals surface area contributed by atoms with Crippen LogP contribution in [0.2, 0.25) is 0 Å². The summed E-state index contributed by atoms with van der Waals surface area (Å²) >= 11 is 0. The van der Waals surface area contributed by atoms with Gasteiger partial charge in [-0.2, -0.15) is 0 Å². The van der Waals surface area contributed by atoms with E-state index >= 15 is 0 Å². The highest BCUT2D eigenvalue weighted by atomic mass is 19.1. The lowest BCUT2D eigenvalue weighted by atomic mass is 10.2. The quantitative estimate of drug-likeness (QED) is 0.791. The van der Waals surface area contributed by atoms with E-state index < -0.39 is 0 Å². The minimum Gasteiger partial charge on any atom is -0.341 e. The molecule has 3 heterocycles. The van der Waals surface area contributed by atoms with Gasteiger partial charge in [-0.25, -0.2) is 19.3 Å². The second-order valence-electron chi connectivity index (χ2n) is 6.08. The number of aromatic nitrogens is 4. The summed E-state index contributed by atoms with van der Waals surface area (Å²) in [6.07, 6.45) is 5.40. The molecule has 1 aliphatic rings. The van der Waals surface area contributed by atoms with Crippen LogP contribution in [0.3, 0.4) is 0 Å². The van der Waals surface area contributed by atoms with Gasteiger partial charge in [0.2, 0.25) is 5.95 Å². The Hall–Kier alpha value is -2.80. The van der Waals surface area contributed by atoms with Crippen molar-refractivity contribution < 1.29 is 4.39 Å². The maximum Gasteiger partial charge on any atom is 0.225 e. The van der Waals surface area contributed by atoms with Crippen molar-refractivity contribution in [2.45, 2.75) is 6.54 Å². The maximum atomic E-state index is 13.0. The molecule has 1 saturated heterocycles. The molecule has 0 saturated carbocycles. The number of nitrogens with zero attached hydrogens (tertiary/aromatic N) is 5. The Balaban J connectivity index is 1.35. The third-order valence-electron chi connectivity index (χ3n) is 4.35. The zero-order valence-corrected chi connectivity index (χ0v) is 13.8. The molecule has 0 spiro atoms. The molecule has 1 aliphatic heterocycles. The molecule has 128 valence electrons. The number of H-pyrrole nitrogens is 1. The SMILES string of the molecule is Fc1ccc(-c2ncc(CN3CCN(c4ncccn4)CC3)[nH]2)cc1. The molecular weight excluding hydrogens is 319 g/mol. The third-order valence-corrected chi connectivity index (χ3v) is 4.35. The highest BCUT2D eigenvalue weighted by Gasteiger charge is 2.19. The first-order valence-corrected chi connectivity index (χ1v) is 8.32. The Kier molecular flexibility index (Phi) is 4.39. The molecular formula is C18H19FN6. The van der Waals surface area contributed by atoms with E-state index in [0.29, 0.717) is 0 Å². The molecule has 7 heteroatoms. The van der Waals surface area contributed by atoms with Crippen LogP contribution in [0.15, 0.2) is 48.9 Å². The fraction of sp³-hybridized carbons (Fsp3) is 0.278. The number of halogens is 1. The van der Waals surface area contributed by atoms with Gasteiger partial charge in [-0.15, -0.1) is 0 Å². The van der Waals surface area contributed by atoms with Crippen LogP contribution in [0, 0.1) is 5.82 Å². The molecule has 2 aromatic heterocycles. The number of imidazole rings is 1. The lowest BCUT2D eigenvalue weighted by molar-refractivity contribution is 0.246. The molecule has 0 bridgehead atoms. The number of benzene rings is 1. The Morgan fingerprint density at radius 3 is 2.40 bits per heavy atom. The summed E-state index contributed by atoms with van der Waals surface area (Å²) in [6, 6.07) is 8.19. The van der Waals surface area contributed by atoms with Gasteiger partial charge in [0.25, 0.3) is 0 Å². The molecule has 0 unspecified atom stereocenters. The average molecular weight is 338 g/mol. The second kappa shape index (κ2) is 6.98. The molecule has 0 aliphatic carbocycles. The number of hydrogen-bond donors (Lipinski definition) is 1. The largest absolute Gasteiger partial charge is 0.341 e. The second-order valence-corrected chi connectivity index (χ2v) is 6.08. The van der Waals surface area contributed by atoms with E-state index in [-0.39, 0.29) is 5.82 Å². The van der Waals surface area contributed by atoms with Crippen LogP contribution in [0.4, 0.5) is 10.3 Å². The number of anilines is 1. The zero-order chi connectivity index (χ0) is 17.1. The molecule has 4 rings (SSSR count). The molecule has 0 atom stereocenters. The molecule has 6 nitrogen and oxygen atoms in total. The molecule has 1 N–H and O–H groups in total. The van der Waals surface area contributed by atoms with E-state index in [2.05, 4.69) is 29.7 Å². The van der Waals surface area contributed by atoms with Crippen molar-refractivity contribution in [3.8, 4) is 11.4 Å². The Labute approximate surface area is 145 Å². The van der Waals surface area contributed by atoms with E-state index in [9.17, 15) is 4.39 Å². The summed E-state index contributed by atoms with van der Waals surface area (Å²) in [4.78, 5) is 20.9. The van der Waals surface area contributed by atoms with Crippen molar-refractivity contribution >= 4 is 5.95 Å². The molecule has 0 radical (unpaired) electrons. The van der Waals surface area contributed by atoms with Gasteiger partial charge in [-0.3, -0.25) is 4.90 Å². The van der Waals surface area contributed by atoms with Gasteiger partial charge in [0, 0.05) is 62.6 Å². The van der Waals surface area contributed by atoms with Gasteiger partial charge in [0.05, 0.1) is 0 Å². The van der Waals surface area contributed by atoms with Crippen LogP contribution in [-0.4, -0.2) is 51.0 Å². The predicted octanol–water partition coefficient (Wildman–Crippen LogP) is 2.33. The normalized spacial score (nSPS) is 15.5. The number of nitrogens with one attached hydrogen (secondary N) is 1. The van der Waals surface area contributed by atoms with E-state index in [1.807, 2.05) is 12.3 Å². The van der Waals surface area contributed by atoms with Gasteiger partial charge in [-0.05, 0) is 30.3 Å². The average Bonchev–Trinajstić information content (AvgIpc) is 3.12. The number of hydrogen-bond acceptors (Lipinski definition) is 5. The molecule has 1 aromatic carbocycles. The van der Waals surface area contributed by atoms with E-state index in [0.717, 1.165) is 55.8 Å². The van der Waals surface area contributed by atoms with Gasteiger partial charge in [-0.1, -0.05) is 0 Å². The highest BCUT2D eigenvalue weighted by molar-refractivity contribution is 5.54. The van der Waals surface area contributed by atoms with Crippen LogP contribution < -0.4 is 4.90 Å². The van der Waals surface area contributed by atoms with Crippen molar-refractivity contribution in [3.63, 3.8) is 0 Å². The first-order valence-electron chi connectivity index (χ1n) is 8.32. The Morgan fingerprint density at radius 1 is 0.960 bits per heavy atom. The fourth-order valence-electron chi connectivity index (χ4n) is 3.00. The molecule has 3 aromatic rings. The Morgan fingerprint density at radius 2 is 1.68 bits per heavy atom. The van der Waals surface area contributed by atoms with Gasteiger partial charge in [0.1, 0.15) is 11.6 Å². The van der Waals surface area contributed by atoms with Crippen molar-refractivity contribution in [2.24, 2.45) is 0 Å². The summed E-state index contributed by atoms with van der Waals surface area (Å²) in [6.45, 7) is 4.52. The standard InChI is InChI=1S/C18H19FN6/c19-15-4-2-14(3-5-15)17-22-12-16(23-17)13-24-8-10-25(11-9-24)18-20-6-1-7-21-18/h1-7,12H,8-11,13H2,(H,22,23). The van der Waals surface area contributed by atoms with Crippen LogP contribution in [-0.2, 0) is 6.54 Å². The van der Waals surface area contributed by atoms with Crippen LogP contribution in [0.5, 0.6) is 0 Å². The highest BCUT2D eigenvalue weighted by Crippen LogP contribution is 2.17. The van der Waals surface area contributed by atoms with E-state index in [4.69, 9.17) is 0 Å². The van der Waals surface area contributed by atoms with E-state index in [1.54, 1.807) is 24.5 Å². The van der Waals surface area contributed by atoms with Crippen LogP contribution in [0.1, 0.15) is 5.69 Å². The Bertz CT molecular complexity index is 809. The topological polar surface area (TPSA) is 60.9 Å². The molecule has 25 heavy (non-hydrogen) atoms. The van der Waals surface area contributed by atoms with Crippen LogP contribution >= 0.6 is 0 Å². The minimum absolute atomic E-state index is 0.240. The fourth-order valence-corrected chi connectivity index (χ4v) is 3.00. The monoisotopic (exact) mass is 338 g/mol. The van der Waals surface area contributed by atoms with E-state index in [1.165, 1.54) is 12.1 Å². The van der Waals surface area contributed by atoms with Crippen LogP contribution in [0.25, 0.3) is 11.4 Å².